The van der Waals surface area contributed by atoms with Gasteiger partial charge in [-0.3, -0.25) is 14.5 Å². The Morgan fingerprint density at radius 3 is 2.76 bits per heavy atom. The molecule has 0 spiro atoms. The summed E-state index contributed by atoms with van der Waals surface area (Å²) in [5.41, 5.74) is 0. The van der Waals surface area contributed by atoms with Crippen LogP contribution >= 0.6 is 23.2 Å². The van der Waals surface area contributed by atoms with E-state index in [0.29, 0.717) is 0 Å². The first kappa shape index (κ1) is 14.0. The molecule has 0 aromatic rings. The summed E-state index contributed by atoms with van der Waals surface area (Å²) in [6, 6.07) is -0.935. The van der Waals surface area contributed by atoms with Crippen LogP contribution in [0.15, 0.2) is 12.7 Å². The van der Waals surface area contributed by atoms with Crippen LogP contribution in [0, 0.1) is 0 Å². The van der Waals surface area contributed by atoms with E-state index in [1.807, 2.05) is 0 Å². The number of alkyl halides is 2. The monoisotopic (exact) mass is 279 g/mol. The highest BCUT2D eigenvalue weighted by Gasteiger charge is 2.42. The molecule has 7 heteroatoms. The predicted octanol–water partition coefficient (Wildman–Crippen LogP) is 1.04. The smallest absolute Gasteiger partial charge is 0.329 e. The van der Waals surface area contributed by atoms with E-state index in [0.717, 1.165) is 4.90 Å². The molecule has 17 heavy (non-hydrogen) atoms. The van der Waals surface area contributed by atoms with Crippen LogP contribution in [-0.2, 0) is 19.1 Å². The number of amides is 2. The molecule has 0 aliphatic carbocycles. The SMILES string of the molecule is C=CCOC(=O)[C@@H]1CCC(=O)N1C(=O)C(Cl)Cl. The Balaban J connectivity index is 2.77. The van der Waals surface area contributed by atoms with Gasteiger partial charge in [0.05, 0.1) is 0 Å². The van der Waals surface area contributed by atoms with Crippen LogP contribution < -0.4 is 0 Å². The Kier molecular flexibility index (Phi) is 4.96. The van der Waals surface area contributed by atoms with Gasteiger partial charge in [-0.05, 0) is 6.42 Å². The van der Waals surface area contributed by atoms with Crippen molar-refractivity contribution in [1.29, 1.82) is 0 Å². The number of halogens is 2. The van der Waals surface area contributed by atoms with E-state index in [9.17, 15) is 14.4 Å². The quantitative estimate of drug-likeness (QED) is 0.438. The zero-order chi connectivity index (χ0) is 13.0. The van der Waals surface area contributed by atoms with Gasteiger partial charge in [-0.25, -0.2) is 4.79 Å². The van der Waals surface area contributed by atoms with E-state index >= 15 is 0 Å². The van der Waals surface area contributed by atoms with Crippen molar-refractivity contribution in [2.75, 3.05) is 6.61 Å². The van der Waals surface area contributed by atoms with Crippen LogP contribution in [0.25, 0.3) is 0 Å². The summed E-state index contributed by atoms with van der Waals surface area (Å²) in [5, 5.41) is 0. The third-order valence-electron chi connectivity index (χ3n) is 2.25. The molecule has 0 bridgehead atoms. The minimum Gasteiger partial charge on any atom is -0.460 e. The highest BCUT2D eigenvalue weighted by atomic mass is 35.5. The molecule has 0 unspecified atom stereocenters. The lowest BCUT2D eigenvalue weighted by Gasteiger charge is -2.21. The third-order valence-corrected chi connectivity index (χ3v) is 2.62. The van der Waals surface area contributed by atoms with Gasteiger partial charge in [-0.1, -0.05) is 35.9 Å². The number of hydrogen-bond acceptors (Lipinski definition) is 4. The summed E-state index contributed by atoms with van der Waals surface area (Å²) in [6.45, 7) is 3.41. The molecule has 0 radical (unpaired) electrons. The number of likely N-dealkylation sites (tertiary alicyclic amines) is 1. The number of esters is 1. The highest BCUT2D eigenvalue weighted by Crippen LogP contribution is 2.23. The number of rotatable bonds is 4. The van der Waals surface area contributed by atoms with Gasteiger partial charge in [0.1, 0.15) is 12.6 Å². The van der Waals surface area contributed by atoms with E-state index in [1.54, 1.807) is 0 Å². The summed E-state index contributed by atoms with van der Waals surface area (Å²) in [6.07, 6.45) is 1.72. The maximum Gasteiger partial charge on any atom is 0.329 e. The molecule has 2 amide bonds. The minimum atomic E-state index is -1.37. The van der Waals surface area contributed by atoms with Crippen molar-refractivity contribution in [3.63, 3.8) is 0 Å². The fourth-order valence-electron chi connectivity index (χ4n) is 1.53. The molecule has 1 atom stereocenters. The summed E-state index contributed by atoms with van der Waals surface area (Å²) in [4.78, 5) is 34.0. The van der Waals surface area contributed by atoms with Gasteiger partial charge in [0.2, 0.25) is 5.91 Å². The Hall–Kier alpha value is -1.07. The van der Waals surface area contributed by atoms with Crippen LogP contribution in [-0.4, -0.2) is 40.2 Å². The maximum atomic E-state index is 11.6. The van der Waals surface area contributed by atoms with Crippen LogP contribution in [0.1, 0.15) is 12.8 Å². The van der Waals surface area contributed by atoms with E-state index in [1.165, 1.54) is 6.08 Å². The fraction of sp³-hybridized carbons (Fsp3) is 0.500. The second-order valence-electron chi connectivity index (χ2n) is 3.38. The first-order valence-electron chi connectivity index (χ1n) is 4.90. The van der Waals surface area contributed by atoms with Crippen molar-refractivity contribution in [1.82, 2.24) is 4.90 Å². The van der Waals surface area contributed by atoms with E-state index in [2.05, 4.69) is 6.58 Å². The zero-order valence-corrected chi connectivity index (χ0v) is 10.4. The molecule has 0 N–H and O–H groups in total. The summed E-state index contributed by atoms with van der Waals surface area (Å²) in [7, 11) is 0. The standard InChI is InChI=1S/C10H11Cl2NO4/c1-2-5-17-10(16)6-3-4-7(14)13(6)9(15)8(11)12/h2,6,8H,1,3-5H2/t6-/m0/s1. The molecule has 0 saturated carbocycles. The normalized spacial score (nSPS) is 19.6. The van der Waals surface area contributed by atoms with Crippen molar-refractivity contribution in [2.45, 2.75) is 23.7 Å². The van der Waals surface area contributed by atoms with Crippen LogP contribution in [0.2, 0.25) is 0 Å². The molecule has 1 aliphatic rings. The van der Waals surface area contributed by atoms with Crippen molar-refractivity contribution in [2.24, 2.45) is 0 Å². The second kappa shape index (κ2) is 6.02. The fourth-order valence-corrected chi connectivity index (χ4v) is 1.74. The maximum absolute atomic E-state index is 11.6. The zero-order valence-electron chi connectivity index (χ0n) is 8.90. The van der Waals surface area contributed by atoms with Crippen molar-refractivity contribution in [3.05, 3.63) is 12.7 Å². The molecule has 1 heterocycles. The summed E-state index contributed by atoms with van der Waals surface area (Å²) in [5.74, 6) is -1.92. The van der Waals surface area contributed by atoms with Crippen molar-refractivity contribution < 1.29 is 19.1 Å². The summed E-state index contributed by atoms with van der Waals surface area (Å²) < 4.78 is 4.79. The molecule has 1 aliphatic heterocycles. The van der Waals surface area contributed by atoms with E-state index in [-0.39, 0.29) is 19.4 Å². The Morgan fingerprint density at radius 2 is 2.24 bits per heavy atom. The summed E-state index contributed by atoms with van der Waals surface area (Å²) >= 11 is 10.8. The molecule has 0 aromatic carbocycles. The number of carbonyl (C=O) groups is 3. The lowest BCUT2D eigenvalue weighted by atomic mass is 10.2. The van der Waals surface area contributed by atoms with Gasteiger partial charge in [-0.15, -0.1) is 0 Å². The van der Waals surface area contributed by atoms with Crippen molar-refractivity contribution >= 4 is 41.0 Å². The number of hydrogen-bond donors (Lipinski definition) is 0. The largest absolute Gasteiger partial charge is 0.460 e. The van der Waals surface area contributed by atoms with Gasteiger partial charge >= 0.3 is 5.97 Å². The predicted molar refractivity (Wildman–Crippen MR) is 61.5 cm³/mol. The first-order chi connectivity index (χ1) is 7.99. The second-order valence-corrected chi connectivity index (χ2v) is 4.47. The van der Waals surface area contributed by atoms with Crippen LogP contribution in [0.4, 0.5) is 0 Å². The lowest BCUT2D eigenvalue weighted by Crippen LogP contribution is -2.45. The molecule has 94 valence electrons. The number of imide groups is 1. The number of ether oxygens (including phenoxy) is 1. The average Bonchev–Trinajstić information content (AvgIpc) is 2.66. The minimum absolute atomic E-state index is 0.0245. The molecule has 1 rings (SSSR count). The number of nitrogens with zero attached hydrogens (tertiary/aromatic N) is 1. The van der Waals surface area contributed by atoms with Crippen LogP contribution in [0.5, 0.6) is 0 Å². The van der Waals surface area contributed by atoms with Crippen molar-refractivity contribution in [3.8, 4) is 0 Å². The van der Waals surface area contributed by atoms with Gasteiger partial charge in [0.25, 0.3) is 5.91 Å². The Labute approximate surface area is 108 Å². The lowest BCUT2D eigenvalue weighted by molar-refractivity contribution is -0.156. The highest BCUT2D eigenvalue weighted by molar-refractivity contribution is 6.54. The molecule has 1 fully saturated rings. The topological polar surface area (TPSA) is 63.7 Å². The molecule has 0 aromatic heterocycles. The van der Waals surface area contributed by atoms with Gasteiger partial charge in [0.15, 0.2) is 4.84 Å². The number of carbonyl (C=O) groups excluding carboxylic acids is 3. The van der Waals surface area contributed by atoms with Gasteiger partial charge in [0, 0.05) is 6.42 Å². The van der Waals surface area contributed by atoms with E-state index < -0.39 is 28.7 Å². The molecular weight excluding hydrogens is 269 g/mol. The average molecular weight is 280 g/mol. The molecule has 5 nitrogen and oxygen atoms in total. The molecular formula is C10H11Cl2NO4. The van der Waals surface area contributed by atoms with Gasteiger partial charge in [-0.2, -0.15) is 0 Å². The van der Waals surface area contributed by atoms with Crippen LogP contribution in [0.3, 0.4) is 0 Å². The Bertz CT molecular complexity index is 356. The molecule has 1 saturated heterocycles. The van der Waals surface area contributed by atoms with Gasteiger partial charge < -0.3 is 4.74 Å². The Morgan fingerprint density at radius 1 is 1.59 bits per heavy atom. The van der Waals surface area contributed by atoms with E-state index in [4.69, 9.17) is 27.9 Å². The first-order valence-corrected chi connectivity index (χ1v) is 5.78. The third kappa shape index (κ3) is 3.20.